The van der Waals surface area contributed by atoms with Crippen LogP contribution in [0.3, 0.4) is 0 Å². The number of sulfone groups is 1. The summed E-state index contributed by atoms with van der Waals surface area (Å²) in [6.45, 7) is 3.04. The van der Waals surface area contributed by atoms with Gasteiger partial charge in [0.2, 0.25) is 0 Å². The molecule has 2 rings (SSSR count). The van der Waals surface area contributed by atoms with E-state index in [1.54, 1.807) is 0 Å². The van der Waals surface area contributed by atoms with Gasteiger partial charge in [-0.05, 0) is 26.2 Å². The van der Waals surface area contributed by atoms with Crippen LogP contribution < -0.4 is 5.32 Å². The van der Waals surface area contributed by atoms with Gasteiger partial charge in [-0.1, -0.05) is 19.3 Å². The molecule has 5 heteroatoms. The first-order valence-corrected chi connectivity index (χ1v) is 8.88. The molecule has 0 aromatic carbocycles. The largest absolute Gasteiger partial charge is 0.377 e. The van der Waals surface area contributed by atoms with Gasteiger partial charge in [-0.25, -0.2) is 8.42 Å². The molecule has 1 saturated heterocycles. The van der Waals surface area contributed by atoms with Crippen molar-refractivity contribution in [3.63, 3.8) is 0 Å². The average molecular weight is 275 g/mol. The van der Waals surface area contributed by atoms with E-state index in [9.17, 15) is 8.42 Å². The van der Waals surface area contributed by atoms with Crippen molar-refractivity contribution < 1.29 is 13.2 Å². The molecule has 1 aliphatic heterocycles. The Morgan fingerprint density at radius 1 is 1.17 bits per heavy atom. The summed E-state index contributed by atoms with van der Waals surface area (Å²) < 4.78 is 29.7. The molecule has 2 aliphatic rings. The van der Waals surface area contributed by atoms with Crippen molar-refractivity contribution in [3.05, 3.63) is 0 Å². The van der Waals surface area contributed by atoms with Crippen LogP contribution in [0.15, 0.2) is 0 Å². The van der Waals surface area contributed by atoms with Crippen LogP contribution in [0.5, 0.6) is 0 Å². The van der Waals surface area contributed by atoms with E-state index in [-0.39, 0.29) is 17.1 Å². The van der Waals surface area contributed by atoms with Gasteiger partial charge in [0.25, 0.3) is 0 Å². The Hall–Kier alpha value is -0.130. The van der Waals surface area contributed by atoms with Crippen molar-refractivity contribution in [2.75, 3.05) is 18.9 Å². The molecular weight excluding hydrogens is 250 g/mol. The number of hydrogen-bond donors (Lipinski definition) is 1. The summed E-state index contributed by atoms with van der Waals surface area (Å²) in [6.07, 6.45) is 6.80. The highest BCUT2D eigenvalue weighted by molar-refractivity contribution is 7.92. The highest BCUT2D eigenvalue weighted by Gasteiger charge is 2.35. The third-order valence-electron chi connectivity index (χ3n) is 4.19. The monoisotopic (exact) mass is 275 g/mol. The van der Waals surface area contributed by atoms with Gasteiger partial charge in [-0.2, -0.15) is 0 Å². The van der Waals surface area contributed by atoms with E-state index in [4.69, 9.17) is 4.74 Å². The lowest BCUT2D eigenvalue weighted by molar-refractivity contribution is 0.126. The van der Waals surface area contributed by atoms with Gasteiger partial charge in [0.05, 0.1) is 17.1 Å². The van der Waals surface area contributed by atoms with Gasteiger partial charge in [0.15, 0.2) is 9.84 Å². The first-order chi connectivity index (χ1) is 8.59. The fourth-order valence-electron chi connectivity index (χ4n) is 3.05. The van der Waals surface area contributed by atoms with E-state index in [1.807, 2.05) is 6.92 Å². The van der Waals surface area contributed by atoms with Crippen LogP contribution in [0, 0.1) is 0 Å². The second-order valence-electron chi connectivity index (χ2n) is 5.56. The second kappa shape index (κ2) is 6.35. The summed E-state index contributed by atoms with van der Waals surface area (Å²) >= 11 is 0. The van der Waals surface area contributed by atoms with Crippen molar-refractivity contribution in [1.29, 1.82) is 0 Å². The van der Waals surface area contributed by atoms with E-state index in [0.29, 0.717) is 25.6 Å². The lowest BCUT2D eigenvalue weighted by Crippen LogP contribution is -2.38. The highest BCUT2D eigenvalue weighted by atomic mass is 32.2. The Labute approximate surface area is 110 Å². The van der Waals surface area contributed by atoms with Gasteiger partial charge in [-0.15, -0.1) is 0 Å². The zero-order chi connectivity index (χ0) is 13.0. The summed E-state index contributed by atoms with van der Waals surface area (Å²) in [5, 5.41) is 3.11. The predicted octanol–water partition coefficient (Wildman–Crippen LogP) is 1.50. The molecule has 0 radical (unpaired) electrons. The van der Waals surface area contributed by atoms with Gasteiger partial charge >= 0.3 is 0 Å². The molecule has 0 aromatic heterocycles. The fourth-order valence-corrected chi connectivity index (χ4v) is 4.87. The summed E-state index contributed by atoms with van der Waals surface area (Å²) in [6, 6.07) is 0.534. The Bertz CT molecular complexity index is 349. The molecule has 1 saturated carbocycles. The number of rotatable bonds is 5. The smallest absolute Gasteiger partial charge is 0.157 e. The van der Waals surface area contributed by atoms with Crippen molar-refractivity contribution in [2.24, 2.45) is 0 Å². The number of hydrogen-bond acceptors (Lipinski definition) is 4. The Kier molecular flexibility index (Phi) is 5.04. The molecule has 18 heavy (non-hydrogen) atoms. The molecule has 0 aromatic rings. The van der Waals surface area contributed by atoms with E-state index in [2.05, 4.69) is 5.32 Å². The zero-order valence-corrected chi connectivity index (χ0v) is 12.0. The predicted molar refractivity (Wildman–Crippen MR) is 72.5 cm³/mol. The maximum atomic E-state index is 12.2. The van der Waals surface area contributed by atoms with E-state index < -0.39 is 9.84 Å². The molecule has 1 heterocycles. The zero-order valence-electron chi connectivity index (χ0n) is 11.2. The lowest BCUT2D eigenvalue weighted by Gasteiger charge is -2.23. The van der Waals surface area contributed by atoms with Crippen LogP contribution in [0.1, 0.15) is 45.4 Å². The minimum absolute atomic E-state index is 0.135. The molecule has 1 N–H and O–H groups in total. The van der Waals surface area contributed by atoms with Crippen LogP contribution >= 0.6 is 0 Å². The van der Waals surface area contributed by atoms with E-state index in [0.717, 1.165) is 0 Å². The van der Waals surface area contributed by atoms with Gasteiger partial charge < -0.3 is 10.1 Å². The quantitative estimate of drug-likeness (QED) is 0.826. The molecule has 2 unspecified atom stereocenters. The Morgan fingerprint density at radius 3 is 2.50 bits per heavy atom. The van der Waals surface area contributed by atoms with Crippen LogP contribution in [0.4, 0.5) is 0 Å². The topological polar surface area (TPSA) is 55.4 Å². The van der Waals surface area contributed by atoms with Gasteiger partial charge in [0.1, 0.15) is 0 Å². The van der Waals surface area contributed by atoms with Crippen molar-refractivity contribution in [2.45, 2.75) is 62.8 Å². The van der Waals surface area contributed by atoms with Crippen LogP contribution in [0.2, 0.25) is 0 Å². The van der Waals surface area contributed by atoms with Gasteiger partial charge in [0, 0.05) is 19.2 Å². The lowest BCUT2D eigenvalue weighted by atomic mass is 9.96. The molecule has 2 fully saturated rings. The van der Waals surface area contributed by atoms with Crippen LogP contribution in [0.25, 0.3) is 0 Å². The third-order valence-corrected chi connectivity index (χ3v) is 6.51. The fraction of sp³-hybridized carbons (Fsp3) is 1.00. The first kappa shape index (κ1) is 14.3. The van der Waals surface area contributed by atoms with Crippen molar-refractivity contribution in [1.82, 2.24) is 5.32 Å². The third kappa shape index (κ3) is 3.68. The van der Waals surface area contributed by atoms with Gasteiger partial charge in [-0.3, -0.25) is 0 Å². The molecule has 0 bridgehead atoms. The normalized spacial score (nSPS) is 30.7. The standard InChI is InChI=1S/C13H25NO3S/c1-11-13(7-9-17-11)18(15,16)10-8-14-12-5-3-2-4-6-12/h11-14H,2-10H2,1H3. The molecule has 0 amide bonds. The first-order valence-electron chi connectivity index (χ1n) is 7.16. The summed E-state index contributed by atoms with van der Waals surface area (Å²) in [7, 11) is -3.00. The highest BCUT2D eigenvalue weighted by Crippen LogP contribution is 2.21. The molecule has 4 nitrogen and oxygen atoms in total. The molecule has 0 spiro atoms. The molecule has 106 valence electrons. The van der Waals surface area contributed by atoms with E-state index >= 15 is 0 Å². The number of ether oxygens (including phenoxy) is 1. The summed E-state index contributed by atoms with van der Waals surface area (Å²) in [5.74, 6) is 0.252. The minimum atomic E-state index is -3.00. The van der Waals surface area contributed by atoms with Crippen molar-refractivity contribution >= 4 is 9.84 Å². The summed E-state index contributed by atoms with van der Waals surface area (Å²) in [5.41, 5.74) is 0. The van der Waals surface area contributed by atoms with Crippen LogP contribution in [-0.2, 0) is 14.6 Å². The molecular formula is C13H25NO3S. The number of nitrogens with one attached hydrogen (secondary N) is 1. The molecule has 1 aliphatic carbocycles. The summed E-state index contributed by atoms with van der Waals surface area (Å²) in [4.78, 5) is 0. The minimum Gasteiger partial charge on any atom is -0.377 e. The Balaban J connectivity index is 1.74. The van der Waals surface area contributed by atoms with Crippen LogP contribution in [-0.4, -0.2) is 44.7 Å². The SMILES string of the molecule is CC1OCCC1S(=O)(=O)CCNC1CCCCC1. The Morgan fingerprint density at radius 2 is 1.89 bits per heavy atom. The second-order valence-corrected chi connectivity index (χ2v) is 7.90. The van der Waals surface area contributed by atoms with E-state index in [1.165, 1.54) is 32.1 Å². The maximum absolute atomic E-state index is 12.2. The van der Waals surface area contributed by atoms with Crippen molar-refractivity contribution in [3.8, 4) is 0 Å². The maximum Gasteiger partial charge on any atom is 0.157 e. The molecule has 2 atom stereocenters. The average Bonchev–Trinajstić information content (AvgIpc) is 2.77.